The Labute approximate surface area is 129 Å². The Kier molecular flexibility index (Phi) is 3.84. The molecule has 0 atom stereocenters. The lowest BCUT2D eigenvalue weighted by atomic mass is 10.1. The fraction of sp³-hybridized carbons (Fsp3) is 0.235. The van der Waals surface area contributed by atoms with Crippen LogP contribution >= 0.6 is 11.6 Å². The van der Waals surface area contributed by atoms with Gasteiger partial charge in [0.05, 0.1) is 11.4 Å². The molecule has 1 amide bonds. The second-order valence-electron chi connectivity index (χ2n) is 5.21. The van der Waals surface area contributed by atoms with Crippen LogP contribution in [-0.4, -0.2) is 19.0 Å². The number of rotatable bonds is 1. The van der Waals surface area contributed by atoms with Crippen molar-refractivity contribution in [3.05, 3.63) is 58.6 Å². The summed E-state index contributed by atoms with van der Waals surface area (Å²) in [6.07, 6.45) is 0.917. The molecular weight excluding hydrogens is 284 g/mol. The van der Waals surface area contributed by atoms with Gasteiger partial charge in [-0.2, -0.15) is 0 Å². The smallest absolute Gasteiger partial charge is 0.258 e. The van der Waals surface area contributed by atoms with Gasteiger partial charge in [0.25, 0.3) is 5.91 Å². The van der Waals surface area contributed by atoms with E-state index in [1.54, 1.807) is 6.07 Å². The van der Waals surface area contributed by atoms with Gasteiger partial charge in [0, 0.05) is 23.7 Å². The van der Waals surface area contributed by atoms with E-state index in [2.05, 4.69) is 5.32 Å². The minimum Gasteiger partial charge on any atom is -0.383 e. The van der Waals surface area contributed by atoms with Crippen LogP contribution in [0.5, 0.6) is 0 Å². The molecule has 0 saturated heterocycles. The third kappa shape index (κ3) is 2.74. The Morgan fingerprint density at radius 1 is 1.24 bits per heavy atom. The van der Waals surface area contributed by atoms with E-state index in [1.807, 2.05) is 48.2 Å². The highest BCUT2D eigenvalue weighted by Crippen LogP contribution is 2.30. The number of amides is 1. The number of anilines is 2. The fourth-order valence-electron chi connectivity index (χ4n) is 2.62. The van der Waals surface area contributed by atoms with Crippen molar-refractivity contribution >= 4 is 28.9 Å². The summed E-state index contributed by atoms with van der Waals surface area (Å²) in [6, 6.07) is 13.4. The van der Waals surface area contributed by atoms with E-state index in [0.717, 1.165) is 29.9 Å². The molecule has 0 aliphatic carbocycles. The lowest BCUT2D eigenvalue weighted by Gasteiger charge is -2.23. The van der Waals surface area contributed by atoms with E-state index in [-0.39, 0.29) is 5.91 Å². The van der Waals surface area contributed by atoms with Crippen molar-refractivity contribution in [2.45, 2.75) is 13.3 Å². The maximum Gasteiger partial charge on any atom is 0.258 e. The molecule has 0 aromatic heterocycles. The molecule has 0 fully saturated rings. The molecule has 0 bridgehead atoms. The number of hydrogen-bond donors (Lipinski definition) is 1. The highest BCUT2D eigenvalue weighted by atomic mass is 35.5. The zero-order valence-electron chi connectivity index (χ0n) is 11.9. The van der Waals surface area contributed by atoms with Crippen molar-refractivity contribution in [3.63, 3.8) is 0 Å². The van der Waals surface area contributed by atoms with Crippen molar-refractivity contribution in [2.24, 2.45) is 0 Å². The summed E-state index contributed by atoms with van der Waals surface area (Å²) >= 11 is 6.05. The minimum atomic E-state index is 0.00569. The van der Waals surface area contributed by atoms with Gasteiger partial charge in [0.15, 0.2) is 0 Å². The van der Waals surface area contributed by atoms with Crippen molar-refractivity contribution in [2.75, 3.05) is 23.3 Å². The Hall–Kier alpha value is -2.00. The van der Waals surface area contributed by atoms with Crippen molar-refractivity contribution < 1.29 is 4.79 Å². The largest absolute Gasteiger partial charge is 0.383 e. The minimum absolute atomic E-state index is 0.00569. The zero-order chi connectivity index (χ0) is 14.8. The van der Waals surface area contributed by atoms with Crippen LogP contribution < -0.4 is 10.2 Å². The molecule has 1 aliphatic rings. The summed E-state index contributed by atoms with van der Waals surface area (Å²) in [5, 5.41) is 3.96. The van der Waals surface area contributed by atoms with Crippen LogP contribution in [0.25, 0.3) is 0 Å². The lowest BCUT2D eigenvalue weighted by molar-refractivity contribution is 0.0986. The van der Waals surface area contributed by atoms with Gasteiger partial charge in [-0.25, -0.2) is 0 Å². The van der Waals surface area contributed by atoms with Gasteiger partial charge in [0.1, 0.15) is 0 Å². The number of carbonyl (C=O) groups is 1. The van der Waals surface area contributed by atoms with Gasteiger partial charge < -0.3 is 10.2 Å². The summed E-state index contributed by atoms with van der Waals surface area (Å²) < 4.78 is 0. The maximum atomic E-state index is 12.9. The summed E-state index contributed by atoms with van der Waals surface area (Å²) in [5.41, 5.74) is 3.54. The highest BCUT2D eigenvalue weighted by molar-refractivity contribution is 6.31. The lowest BCUT2D eigenvalue weighted by Crippen LogP contribution is -2.32. The normalized spacial score (nSPS) is 14.1. The van der Waals surface area contributed by atoms with Gasteiger partial charge >= 0.3 is 0 Å². The van der Waals surface area contributed by atoms with Crippen LogP contribution in [0.15, 0.2) is 42.5 Å². The van der Waals surface area contributed by atoms with Crippen LogP contribution in [-0.2, 0) is 0 Å². The zero-order valence-corrected chi connectivity index (χ0v) is 12.7. The maximum absolute atomic E-state index is 12.9. The van der Waals surface area contributed by atoms with Gasteiger partial charge in [-0.1, -0.05) is 29.8 Å². The Morgan fingerprint density at radius 2 is 2.05 bits per heavy atom. The Bertz CT molecular complexity index is 684. The first kappa shape index (κ1) is 14.0. The molecule has 3 nitrogen and oxygen atoms in total. The third-order valence-corrected chi connectivity index (χ3v) is 3.98. The topological polar surface area (TPSA) is 32.3 Å². The van der Waals surface area contributed by atoms with Crippen molar-refractivity contribution in [1.29, 1.82) is 0 Å². The van der Waals surface area contributed by atoms with Crippen molar-refractivity contribution in [1.82, 2.24) is 0 Å². The van der Waals surface area contributed by atoms with Crippen LogP contribution in [0.4, 0.5) is 11.4 Å². The SMILES string of the molecule is Cc1ccc(Cl)cc1C(=O)N1CCCNc2ccccc21. The van der Waals surface area contributed by atoms with E-state index < -0.39 is 0 Å². The number of para-hydroxylation sites is 2. The number of fused-ring (bicyclic) bond motifs is 1. The molecule has 1 aliphatic heterocycles. The standard InChI is InChI=1S/C17H17ClN2O/c1-12-7-8-13(18)11-14(12)17(21)20-10-4-9-19-15-5-2-3-6-16(15)20/h2-3,5-8,11,19H,4,9-10H2,1H3. The first-order chi connectivity index (χ1) is 10.2. The van der Waals surface area contributed by atoms with Crippen LogP contribution in [0.1, 0.15) is 22.3 Å². The number of nitrogens with one attached hydrogen (secondary N) is 1. The highest BCUT2D eigenvalue weighted by Gasteiger charge is 2.23. The summed E-state index contributed by atoms with van der Waals surface area (Å²) in [7, 11) is 0. The summed E-state index contributed by atoms with van der Waals surface area (Å²) in [5.74, 6) is 0.00569. The van der Waals surface area contributed by atoms with Crippen LogP contribution in [0.3, 0.4) is 0 Å². The average Bonchev–Trinajstić information content (AvgIpc) is 2.71. The van der Waals surface area contributed by atoms with E-state index in [0.29, 0.717) is 17.1 Å². The Morgan fingerprint density at radius 3 is 2.90 bits per heavy atom. The summed E-state index contributed by atoms with van der Waals surface area (Å²) in [6.45, 7) is 3.51. The first-order valence-electron chi connectivity index (χ1n) is 7.08. The molecule has 1 N–H and O–H groups in total. The predicted molar refractivity (Wildman–Crippen MR) is 87.4 cm³/mol. The Balaban J connectivity index is 2.03. The van der Waals surface area contributed by atoms with Crippen molar-refractivity contribution in [3.8, 4) is 0 Å². The van der Waals surface area contributed by atoms with Crippen LogP contribution in [0.2, 0.25) is 5.02 Å². The van der Waals surface area contributed by atoms with E-state index in [1.165, 1.54) is 0 Å². The third-order valence-electron chi connectivity index (χ3n) is 3.74. The molecule has 0 radical (unpaired) electrons. The van der Waals surface area contributed by atoms with Gasteiger partial charge in [-0.15, -0.1) is 0 Å². The summed E-state index contributed by atoms with van der Waals surface area (Å²) in [4.78, 5) is 14.8. The second-order valence-corrected chi connectivity index (χ2v) is 5.65. The molecule has 3 rings (SSSR count). The second kappa shape index (κ2) is 5.78. The number of halogens is 1. The van der Waals surface area contributed by atoms with E-state index >= 15 is 0 Å². The van der Waals surface area contributed by atoms with Crippen LogP contribution in [0, 0.1) is 6.92 Å². The molecule has 21 heavy (non-hydrogen) atoms. The molecule has 4 heteroatoms. The molecule has 108 valence electrons. The first-order valence-corrected chi connectivity index (χ1v) is 7.45. The molecule has 0 saturated carbocycles. The average molecular weight is 301 g/mol. The molecule has 2 aromatic carbocycles. The predicted octanol–water partition coefficient (Wildman–Crippen LogP) is 4.11. The molecular formula is C17H17ClN2O. The number of carbonyl (C=O) groups excluding carboxylic acids is 1. The van der Waals surface area contributed by atoms with Gasteiger partial charge in [-0.3, -0.25) is 4.79 Å². The number of hydrogen-bond acceptors (Lipinski definition) is 2. The molecule has 0 spiro atoms. The van der Waals surface area contributed by atoms with Gasteiger partial charge in [0.2, 0.25) is 0 Å². The molecule has 1 heterocycles. The quantitative estimate of drug-likeness (QED) is 0.859. The van der Waals surface area contributed by atoms with Gasteiger partial charge in [-0.05, 0) is 43.2 Å². The monoisotopic (exact) mass is 300 g/mol. The molecule has 0 unspecified atom stereocenters. The fourth-order valence-corrected chi connectivity index (χ4v) is 2.79. The molecule has 2 aromatic rings. The number of aryl methyl sites for hydroxylation is 1. The van der Waals surface area contributed by atoms with E-state index in [9.17, 15) is 4.79 Å². The number of nitrogens with zero attached hydrogens (tertiary/aromatic N) is 1. The number of benzene rings is 2. The van der Waals surface area contributed by atoms with E-state index in [4.69, 9.17) is 11.6 Å².